The predicted molar refractivity (Wildman–Crippen MR) is 52.4 cm³/mol. The van der Waals surface area contributed by atoms with Gasteiger partial charge in [-0.3, -0.25) is 0 Å². The lowest BCUT2D eigenvalue weighted by atomic mass is 10.5. The average Bonchev–Trinajstić information content (AvgIpc) is 2.10. The van der Waals surface area contributed by atoms with Crippen molar-refractivity contribution < 1.29 is 0 Å². The van der Waals surface area contributed by atoms with Crippen molar-refractivity contribution in [3.05, 3.63) is 19.2 Å². The van der Waals surface area contributed by atoms with Crippen molar-refractivity contribution in [1.29, 1.82) is 0 Å². The summed E-state index contributed by atoms with van der Waals surface area (Å²) in [4.78, 5) is 1.27. The highest BCUT2D eigenvalue weighted by Gasteiger charge is 2.01. The first kappa shape index (κ1) is 8.11. The van der Waals surface area contributed by atoms with Gasteiger partial charge in [-0.1, -0.05) is 0 Å². The van der Waals surface area contributed by atoms with Crippen LogP contribution in [0.15, 0.2) is 14.3 Å². The highest BCUT2D eigenvalue weighted by atomic mass is 79.9. The van der Waals surface area contributed by atoms with Gasteiger partial charge < -0.3 is 0 Å². The molecule has 0 radical (unpaired) electrons. The summed E-state index contributed by atoms with van der Waals surface area (Å²) in [5.74, 6) is 0.802. The van der Waals surface area contributed by atoms with Gasteiger partial charge in [-0.15, -0.1) is 11.3 Å². The average molecular weight is 288 g/mol. The second-order valence-corrected chi connectivity index (χ2v) is 5.17. The highest BCUT2D eigenvalue weighted by molar-refractivity contribution is 9.11. The van der Waals surface area contributed by atoms with Crippen LogP contribution in [0.2, 0.25) is 0 Å². The van der Waals surface area contributed by atoms with Crippen molar-refractivity contribution in [3.8, 4) is 0 Å². The molecule has 0 aromatic carbocycles. The molecular weight excluding hydrogens is 284 g/mol. The summed E-state index contributed by atoms with van der Waals surface area (Å²) in [6.07, 6.45) is 0. The van der Waals surface area contributed by atoms with Gasteiger partial charge >= 0.3 is 0 Å². The van der Waals surface area contributed by atoms with E-state index in [9.17, 15) is 0 Å². The van der Waals surface area contributed by atoms with Crippen LogP contribution in [0.4, 0.5) is 0 Å². The molecule has 0 nitrogen and oxygen atoms in total. The molecule has 0 spiro atoms. The van der Waals surface area contributed by atoms with Gasteiger partial charge in [-0.25, -0.2) is 0 Å². The Morgan fingerprint density at radius 2 is 2.22 bits per heavy atom. The first-order chi connectivity index (χ1) is 4.24. The Bertz CT molecular complexity index is 207. The SMILES string of the molecule is SCc1sc(Br)cc1Br. The van der Waals surface area contributed by atoms with Crippen LogP contribution in [-0.4, -0.2) is 0 Å². The van der Waals surface area contributed by atoms with E-state index >= 15 is 0 Å². The number of hydrogen-bond donors (Lipinski definition) is 1. The van der Waals surface area contributed by atoms with Gasteiger partial charge in [0.1, 0.15) is 0 Å². The van der Waals surface area contributed by atoms with Crippen LogP contribution >= 0.6 is 55.8 Å². The number of thiol groups is 1. The molecule has 1 aromatic rings. The fourth-order valence-electron chi connectivity index (χ4n) is 0.484. The smallest absolute Gasteiger partial charge is 0.0713 e. The Morgan fingerprint density at radius 3 is 2.44 bits per heavy atom. The molecule has 50 valence electrons. The summed E-state index contributed by atoms with van der Waals surface area (Å²) >= 11 is 12.6. The summed E-state index contributed by atoms with van der Waals surface area (Å²) in [6.45, 7) is 0. The van der Waals surface area contributed by atoms with Crippen molar-refractivity contribution in [2.45, 2.75) is 5.75 Å². The van der Waals surface area contributed by atoms with Crippen molar-refractivity contribution in [1.82, 2.24) is 0 Å². The predicted octanol–water partition coefficient (Wildman–Crippen LogP) is 3.70. The summed E-state index contributed by atoms with van der Waals surface area (Å²) in [5, 5.41) is 0. The van der Waals surface area contributed by atoms with Crippen molar-refractivity contribution in [2.75, 3.05) is 0 Å². The van der Waals surface area contributed by atoms with Gasteiger partial charge in [-0.2, -0.15) is 12.6 Å². The minimum absolute atomic E-state index is 0.802. The third-order valence-corrected chi connectivity index (χ3v) is 4.01. The number of thiophene rings is 1. The Labute approximate surface area is 80.3 Å². The Morgan fingerprint density at radius 1 is 1.56 bits per heavy atom. The minimum atomic E-state index is 0.802. The fraction of sp³-hybridized carbons (Fsp3) is 0.200. The quantitative estimate of drug-likeness (QED) is 0.748. The molecule has 0 saturated heterocycles. The van der Waals surface area contributed by atoms with E-state index in [-0.39, 0.29) is 0 Å². The number of rotatable bonds is 1. The van der Waals surface area contributed by atoms with E-state index in [1.165, 1.54) is 4.88 Å². The molecule has 0 aliphatic carbocycles. The lowest BCUT2D eigenvalue weighted by molar-refractivity contribution is 1.53. The molecule has 0 bridgehead atoms. The van der Waals surface area contributed by atoms with Gasteiger partial charge in [0.25, 0.3) is 0 Å². The van der Waals surface area contributed by atoms with Crippen LogP contribution in [0.3, 0.4) is 0 Å². The molecule has 1 aromatic heterocycles. The summed E-state index contributed by atoms with van der Waals surface area (Å²) in [7, 11) is 0. The van der Waals surface area contributed by atoms with Crippen molar-refractivity contribution >= 4 is 55.8 Å². The first-order valence-electron chi connectivity index (χ1n) is 2.28. The maximum Gasteiger partial charge on any atom is 0.0713 e. The zero-order chi connectivity index (χ0) is 6.85. The van der Waals surface area contributed by atoms with Crippen molar-refractivity contribution in [3.63, 3.8) is 0 Å². The third kappa shape index (κ3) is 1.97. The van der Waals surface area contributed by atoms with E-state index < -0.39 is 0 Å². The van der Waals surface area contributed by atoms with Crippen LogP contribution < -0.4 is 0 Å². The monoisotopic (exact) mass is 286 g/mol. The van der Waals surface area contributed by atoms with E-state index in [0.717, 1.165) is 14.0 Å². The normalized spacial score (nSPS) is 10.1. The van der Waals surface area contributed by atoms with Crippen molar-refractivity contribution in [2.24, 2.45) is 0 Å². The largest absolute Gasteiger partial charge is 0.174 e. The van der Waals surface area contributed by atoms with Gasteiger partial charge in [0.05, 0.1) is 3.79 Å². The molecule has 0 fully saturated rings. The second kappa shape index (κ2) is 3.42. The molecule has 0 amide bonds. The molecule has 0 atom stereocenters. The summed E-state index contributed by atoms with van der Waals surface area (Å²) < 4.78 is 2.30. The van der Waals surface area contributed by atoms with E-state index in [1.54, 1.807) is 11.3 Å². The molecule has 1 heterocycles. The first-order valence-corrected chi connectivity index (χ1v) is 5.32. The topological polar surface area (TPSA) is 0 Å². The molecule has 0 aliphatic rings. The number of halogens is 2. The van der Waals surface area contributed by atoms with E-state index in [2.05, 4.69) is 44.5 Å². The van der Waals surface area contributed by atoms with E-state index in [4.69, 9.17) is 0 Å². The van der Waals surface area contributed by atoms with Crippen LogP contribution in [0.25, 0.3) is 0 Å². The molecule has 9 heavy (non-hydrogen) atoms. The lowest BCUT2D eigenvalue weighted by Gasteiger charge is -1.85. The maximum atomic E-state index is 4.15. The third-order valence-electron chi connectivity index (χ3n) is 0.871. The maximum absolute atomic E-state index is 4.15. The number of hydrogen-bond acceptors (Lipinski definition) is 2. The molecule has 0 aliphatic heterocycles. The zero-order valence-corrected chi connectivity index (χ0v) is 9.28. The molecule has 4 heteroatoms. The van der Waals surface area contributed by atoms with Crippen LogP contribution in [-0.2, 0) is 5.75 Å². The summed E-state index contributed by atoms with van der Waals surface area (Å²) in [6, 6.07) is 2.04. The Hall–Kier alpha value is 1.01. The molecule has 0 N–H and O–H groups in total. The van der Waals surface area contributed by atoms with Gasteiger partial charge in [-0.05, 0) is 37.9 Å². The lowest BCUT2D eigenvalue weighted by Crippen LogP contribution is -1.64. The van der Waals surface area contributed by atoms with Crippen LogP contribution in [0, 0.1) is 0 Å². The zero-order valence-electron chi connectivity index (χ0n) is 4.40. The Balaban J connectivity index is 3.01. The Kier molecular flexibility index (Phi) is 3.08. The van der Waals surface area contributed by atoms with Crippen LogP contribution in [0.1, 0.15) is 4.88 Å². The standard InChI is InChI=1S/C5H4Br2S2/c6-3-1-5(7)9-4(3)2-8/h1,8H,2H2. The van der Waals surface area contributed by atoms with Gasteiger partial charge in [0, 0.05) is 15.1 Å². The minimum Gasteiger partial charge on any atom is -0.174 e. The van der Waals surface area contributed by atoms with Crippen LogP contribution in [0.5, 0.6) is 0 Å². The van der Waals surface area contributed by atoms with E-state index in [0.29, 0.717) is 0 Å². The molecule has 1 rings (SSSR count). The highest BCUT2D eigenvalue weighted by Crippen LogP contribution is 2.31. The van der Waals surface area contributed by atoms with E-state index in [1.807, 2.05) is 6.07 Å². The second-order valence-electron chi connectivity index (χ2n) is 1.48. The fourth-order valence-corrected chi connectivity index (χ4v) is 3.58. The molecular formula is C5H4Br2S2. The molecule has 0 unspecified atom stereocenters. The van der Waals surface area contributed by atoms with Gasteiger partial charge in [0.2, 0.25) is 0 Å². The summed E-state index contributed by atoms with van der Waals surface area (Å²) in [5.41, 5.74) is 0. The molecule has 0 saturated carbocycles. The van der Waals surface area contributed by atoms with Gasteiger partial charge in [0.15, 0.2) is 0 Å².